The summed E-state index contributed by atoms with van der Waals surface area (Å²) >= 11 is 1.49. The number of hydrogen-bond acceptors (Lipinski definition) is 7. The number of esters is 1. The van der Waals surface area contributed by atoms with E-state index in [1.165, 1.54) is 94.8 Å². The van der Waals surface area contributed by atoms with Crippen LogP contribution in [-0.4, -0.2) is 84.6 Å². The van der Waals surface area contributed by atoms with Crippen molar-refractivity contribution in [2.75, 3.05) is 40.3 Å². The quantitative estimate of drug-likeness (QED) is 0.0232. The summed E-state index contributed by atoms with van der Waals surface area (Å²) in [5, 5.41) is 3.82. The number of carbonyl (C=O) groups is 4. The van der Waals surface area contributed by atoms with Gasteiger partial charge in [0.15, 0.2) is 6.21 Å². The lowest BCUT2D eigenvalue weighted by atomic mass is 9.94. The van der Waals surface area contributed by atoms with E-state index in [0.717, 1.165) is 107 Å². The molecule has 3 amide bonds. The predicted molar refractivity (Wildman–Crippen MR) is 275 cm³/mol. The Morgan fingerprint density at radius 1 is 0.723 bits per heavy atom. The molecule has 1 atom stereocenters. The monoisotopic (exact) mass is 924 g/mol. The second-order valence-electron chi connectivity index (χ2n) is 18.7. The van der Waals surface area contributed by atoms with Crippen LogP contribution in [0.4, 0.5) is 5.00 Å². The lowest BCUT2D eigenvalue weighted by Crippen LogP contribution is -2.36. The van der Waals surface area contributed by atoms with E-state index >= 15 is 0 Å². The van der Waals surface area contributed by atoms with E-state index in [0.29, 0.717) is 56.1 Å². The van der Waals surface area contributed by atoms with Gasteiger partial charge in [0.1, 0.15) is 5.56 Å². The van der Waals surface area contributed by atoms with Crippen molar-refractivity contribution in [1.82, 2.24) is 15.1 Å². The van der Waals surface area contributed by atoms with Gasteiger partial charge < -0.3 is 19.9 Å². The van der Waals surface area contributed by atoms with Crippen LogP contribution in [0.15, 0.2) is 24.3 Å². The van der Waals surface area contributed by atoms with Crippen LogP contribution in [0.2, 0.25) is 0 Å². The number of nitrogens with one attached hydrogen (secondary N) is 1. The SMILES string of the molecule is CC=[N+](C(=O)CCCCCCC/C=C\C/C=C\CCCCC)c1sc2c(c1C(=O)NCCCN(C)C)CCN(C(=O)CCCCCOC(=O)C(CCCCCC)CCCCCCCC)C2. The zero-order valence-electron chi connectivity index (χ0n) is 42.5. The Balaban J connectivity index is 1.91. The molecule has 2 rings (SSSR count). The highest BCUT2D eigenvalue weighted by Crippen LogP contribution is 2.39. The van der Waals surface area contributed by atoms with Gasteiger partial charge in [0, 0.05) is 31.3 Å². The van der Waals surface area contributed by atoms with E-state index in [1.54, 1.807) is 10.8 Å². The minimum absolute atomic E-state index is 0.00649. The van der Waals surface area contributed by atoms with Crippen molar-refractivity contribution < 1.29 is 28.5 Å². The summed E-state index contributed by atoms with van der Waals surface area (Å²) < 4.78 is 7.50. The summed E-state index contributed by atoms with van der Waals surface area (Å²) in [5.74, 6) is -0.0441. The van der Waals surface area contributed by atoms with Gasteiger partial charge in [-0.2, -0.15) is 0 Å². The number of allylic oxidation sites excluding steroid dienone is 4. The van der Waals surface area contributed by atoms with Gasteiger partial charge in [-0.25, -0.2) is 4.79 Å². The highest BCUT2D eigenvalue weighted by Gasteiger charge is 2.36. The molecule has 10 heteroatoms. The van der Waals surface area contributed by atoms with Crippen molar-refractivity contribution in [2.24, 2.45) is 5.92 Å². The number of hydrogen-bond donors (Lipinski definition) is 1. The van der Waals surface area contributed by atoms with Crippen LogP contribution in [0, 0.1) is 5.92 Å². The van der Waals surface area contributed by atoms with Gasteiger partial charge in [-0.3, -0.25) is 14.4 Å². The minimum atomic E-state index is -0.140. The number of carbonyl (C=O) groups excluding carboxylic acids is 4. The first-order valence-corrected chi connectivity index (χ1v) is 27.4. The number of thiophene rings is 1. The van der Waals surface area contributed by atoms with E-state index in [4.69, 9.17) is 4.74 Å². The Bertz CT molecular complexity index is 1550. The first-order valence-electron chi connectivity index (χ1n) is 26.6. The fourth-order valence-electron chi connectivity index (χ4n) is 8.65. The zero-order valence-corrected chi connectivity index (χ0v) is 43.3. The Morgan fingerprint density at radius 3 is 1.95 bits per heavy atom. The lowest BCUT2D eigenvalue weighted by molar-refractivity contribution is -0.360. The van der Waals surface area contributed by atoms with Crippen molar-refractivity contribution in [3.63, 3.8) is 0 Å². The van der Waals surface area contributed by atoms with Crippen LogP contribution < -0.4 is 5.32 Å². The van der Waals surface area contributed by atoms with Crippen molar-refractivity contribution in [1.29, 1.82) is 0 Å². The number of ether oxygens (including phenoxy) is 1. The standard InChI is InChI=1S/C55H94N4O5S/c1-7-11-14-17-19-20-21-22-23-24-25-26-27-29-33-40-51(61)59(10-4)54-52(53(62)56-42-36-43-57(5)6)48-41-44-58(46-49(48)65-54)50(60)39-34-30-35-45-64-55(63)47(37-31-16-13-9-3)38-32-28-18-15-12-8-2/h10,19-20,22-23,47H,7-9,11-18,21,24-46H2,1-6H3/p+1/b20-19-,23-22-,59-10?. The van der Waals surface area contributed by atoms with Crippen molar-refractivity contribution in [2.45, 2.75) is 227 Å². The first-order chi connectivity index (χ1) is 31.7. The maximum atomic E-state index is 13.9. The third-order valence-corrected chi connectivity index (χ3v) is 13.9. The second-order valence-corrected chi connectivity index (χ2v) is 19.8. The summed E-state index contributed by atoms with van der Waals surface area (Å²) in [6, 6.07) is 0. The Hall–Kier alpha value is -3.11. The van der Waals surface area contributed by atoms with Crippen LogP contribution in [0.25, 0.3) is 0 Å². The maximum absolute atomic E-state index is 13.9. The largest absolute Gasteiger partial charge is 0.465 e. The number of nitrogens with zero attached hydrogens (tertiary/aromatic N) is 3. The van der Waals surface area contributed by atoms with Gasteiger partial charge >= 0.3 is 11.9 Å². The Morgan fingerprint density at radius 2 is 1.29 bits per heavy atom. The molecule has 0 bridgehead atoms. The number of amides is 3. The minimum Gasteiger partial charge on any atom is -0.465 e. The summed E-state index contributed by atoms with van der Waals surface area (Å²) in [7, 11) is 4.05. The normalized spacial score (nSPS) is 13.6. The molecule has 0 aliphatic carbocycles. The van der Waals surface area contributed by atoms with Crippen LogP contribution >= 0.6 is 11.3 Å². The Labute approximate surface area is 401 Å². The van der Waals surface area contributed by atoms with E-state index in [-0.39, 0.29) is 29.6 Å². The maximum Gasteiger partial charge on any atom is 0.393 e. The van der Waals surface area contributed by atoms with Gasteiger partial charge in [-0.15, -0.1) is 4.58 Å². The van der Waals surface area contributed by atoms with E-state index in [2.05, 4.69) is 55.3 Å². The third-order valence-electron chi connectivity index (χ3n) is 12.7. The molecule has 0 fully saturated rings. The average Bonchev–Trinajstić information content (AvgIpc) is 3.67. The van der Waals surface area contributed by atoms with Gasteiger partial charge in [0.2, 0.25) is 5.91 Å². The molecule has 65 heavy (non-hydrogen) atoms. The molecule has 0 spiro atoms. The summed E-state index contributed by atoms with van der Waals surface area (Å²) in [6.07, 6.45) is 41.9. The topological polar surface area (TPSA) is 99.0 Å². The first kappa shape index (κ1) is 58.0. The summed E-state index contributed by atoms with van der Waals surface area (Å²) in [5.41, 5.74) is 1.57. The van der Waals surface area contributed by atoms with Crippen LogP contribution in [0.3, 0.4) is 0 Å². The molecule has 370 valence electrons. The third kappa shape index (κ3) is 25.6. The number of unbranched alkanes of at least 4 members (excludes halogenated alkanes) is 18. The molecule has 1 aliphatic heterocycles. The number of rotatable bonds is 39. The van der Waals surface area contributed by atoms with Gasteiger partial charge in [-0.05, 0) is 110 Å². The molecular formula is C55H95N4O5S+. The molecule has 1 aromatic rings. The Kier molecular flexibility index (Phi) is 33.8. The molecule has 9 nitrogen and oxygen atoms in total. The van der Waals surface area contributed by atoms with Crippen LogP contribution in [-0.2, 0) is 32.1 Å². The van der Waals surface area contributed by atoms with Crippen molar-refractivity contribution in [3.8, 4) is 0 Å². The average molecular weight is 924 g/mol. The molecule has 0 aromatic carbocycles. The molecule has 1 aliphatic rings. The van der Waals surface area contributed by atoms with Crippen LogP contribution in [0.5, 0.6) is 0 Å². The number of fused-ring (bicyclic) bond motifs is 1. The van der Waals surface area contributed by atoms with Gasteiger partial charge in [-0.1, -0.05) is 153 Å². The lowest BCUT2D eigenvalue weighted by Gasteiger charge is -2.27. The molecule has 0 saturated heterocycles. The van der Waals surface area contributed by atoms with E-state index in [9.17, 15) is 19.2 Å². The van der Waals surface area contributed by atoms with Gasteiger partial charge in [0.25, 0.3) is 10.9 Å². The fraction of sp³-hybridized carbons (Fsp3) is 0.764. The molecular weight excluding hydrogens is 829 g/mol. The zero-order chi connectivity index (χ0) is 47.3. The van der Waals surface area contributed by atoms with E-state index in [1.807, 2.05) is 25.9 Å². The molecule has 2 heterocycles. The molecule has 1 aromatic heterocycles. The van der Waals surface area contributed by atoms with Crippen molar-refractivity contribution >= 4 is 46.2 Å². The summed E-state index contributed by atoms with van der Waals surface area (Å²) in [4.78, 5) is 59.3. The van der Waals surface area contributed by atoms with Crippen molar-refractivity contribution in [3.05, 3.63) is 40.3 Å². The molecule has 1 N–H and O–H groups in total. The van der Waals surface area contributed by atoms with Crippen LogP contribution in [0.1, 0.15) is 235 Å². The highest BCUT2D eigenvalue weighted by atomic mass is 32.1. The summed E-state index contributed by atoms with van der Waals surface area (Å²) in [6.45, 7) is 11.4. The van der Waals surface area contributed by atoms with Gasteiger partial charge in [0.05, 0.1) is 25.5 Å². The molecule has 0 radical (unpaired) electrons. The predicted octanol–water partition coefficient (Wildman–Crippen LogP) is 13.8. The molecule has 0 saturated carbocycles. The highest BCUT2D eigenvalue weighted by molar-refractivity contribution is 7.16. The van der Waals surface area contributed by atoms with E-state index < -0.39 is 0 Å². The smallest absolute Gasteiger partial charge is 0.393 e. The fourth-order valence-corrected chi connectivity index (χ4v) is 10.1. The molecule has 1 unspecified atom stereocenters. The second kappa shape index (κ2) is 37.9.